The van der Waals surface area contributed by atoms with Crippen LogP contribution in [0.3, 0.4) is 0 Å². The molecule has 1 atom stereocenters. The maximum Gasteiger partial charge on any atom is 0.172 e. The van der Waals surface area contributed by atoms with Crippen molar-refractivity contribution in [2.45, 2.75) is 25.3 Å². The highest BCUT2D eigenvalue weighted by Crippen LogP contribution is 2.21. The molecule has 0 bridgehead atoms. The standard InChI is InChI=1S/C14H17ClN4/c15-13-14(17-9-10-5-3-4-8-16-10)19-12-7-2-1-6-11(12)18-13/h1-2,6-7,10,16H,3-5,8-9H2,(H,17,19)/t10-/m1/s1. The molecule has 3 rings (SSSR count). The maximum atomic E-state index is 6.16. The first-order valence-electron chi connectivity index (χ1n) is 6.72. The van der Waals surface area contributed by atoms with Crippen LogP contribution < -0.4 is 10.6 Å². The van der Waals surface area contributed by atoms with Gasteiger partial charge in [-0.2, -0.15) is 0 Å². The summed E-state index contributed by atoms with van der Waals surface area (Å²) in [6.45, 7) is 1.94. The number of hydrogen-bond donors (Lipinski definition) is 2. The number of aromatic nitrogens is 2. The van der Waals surface area contributed by atoms with E-state index in [1.807, 2.05) is 24.3 Å². The summed E-state index contributed by atoms with van der Waals surface area (Å²) in [7, 11) is 0. The first-order valence-corrected chi connectivity index (χ1v) is 7.10. The van der Waals surface area contributed by atoms with Crippen molar-refractivity contribution < 1.29 is 0 Å². The highest BCUT2D eigenvalue weighted by molar-refractivity contribution is 6.32. The fourth-order valence-corrected chi connectivity index (χ4v) is 2.61. The Balaban J connectivity index is 1.74. The minimum atomic E-state index is 0.439. The van der Waals surface area contributed by atoms with Gasteiger partial charge in [0.05, 0.1) is 11.0 Å². The molecule has 1 aromatic carbocycles. The molecule has 0 saturated carbocycles. The summed E-state index contributed by atoms with van der Waals surface area (Å²) in [6, 6.07) is 8.26. The van der Waals surface area contributed by atoms with Crippen molar-refractivity contribution in [1.29, 1.82) is 0 Å². The Bertz CT molecular complexity index is 566. The maximum absolute atomic E-state index is 6.16. The van der Waals surface area contributed by atoms with Gasteiger partial charge in [-0.05, 0) is 31.5 Å². The van der Waals surface area contributed by atoms with E-state index in [0.29, 0.717) is 17.0 Å². The number of piperidine rings is 1. The Morgan fingerprint density at radius 3 is 2.74 bits per heavy atom. The van der Waals surface area contributed by atoms with Crippen molar-refractivity contribution >= 4 is 28.5 Å². The molecule has 2 N–H and O–H groups in total. The molecular weight excluding hydrogens is 260 g/mol. The van der Waals surface area contributed by atoms with Crippen LogP contribution in [0.4, 0.5) is 5.82 Å². The van der Waals surface area contributed by atoms with Crippen molar-refractivity contribution in [2.75, 3.05) is 18.4 Å². The van der Waals surface area contributed by atoms with Gasteiger partial charge in [0.2, 0.25) is 0 Å². The van der Waals surface area contributed by atoms with E-state index in [4.69, 9.17) is 11.6 Å². The lowest BCUT2D eigenvalue weighted by Gasteiger charge is -2.23. The van der Waals surface area contributed by atoms with Gasteiger partial charge in [-0.15, -0.1) is 0 Å². The van der Waals surface area contributed by atoms with E-state index in [1.54, 1.807) is 0 Å². The SMILES string of the molecule is Clc1nc2ccccc2nc1NC[C@H]1CCCCN1. The van der Waals surface area contributed by atoms with Crippen LogP contribution in [0.15, 0.2) is 24.3 Å². The Morgan fingerprint density at radius 2 is 2.00 bits per heavy atom. The van der Waals surface area contributed by atoms with Gasteiger partial charge in [0.1, 0.15) is 0 Å². The molecule has 19 heavy (non-hydrogen) atoms. The largest absolute Gasteiger partial charge is 0.366 e. The van der Waals surface area contributed by atoms with E-state index in [2.05, 4.69) is 20.6 Å². The summed E-state index contributed by atoms with van der Waals surface area (Å²) in [6.07, 6.45) is 3.76. The minimum absolute atomic E-state index is 0.439. The monoisotopic (exact) mass is 276 g/mol. The van der Waals surface area contributed by atoms with Crippen LogP contribution in [0.5, 0.6) is 0 Å². The average Bonchev–Trinajstić information content (AvgIpc) is 2.46. The first-order chi connectivity index (χ1) is 9.33. The van der Waals surface area contributed by atoms with Crippen LogP contribution in [0, 0.1) is 0 Å². The molecular formula is C14H17ClN4. The van der Waals surface area contributed by atoms with Gasteiger partial charge < -0.3 is 10.6 Å². The van der Waals surface area contributed by atoms with Crippen molar-refractivity contribution in [1.82, 2.24) is 15.3 Å². The van der Waals surface area contributed by atoms with Crippen LogP contribution >= 0.6 is 11.6 Å². The van der Waals surface area contributed by atoms with Gasteiger partial charge in [-0.1, -0.05) is 30.2 Å². The zero-order valence-electron chi connectivity index (χ0n) is 10.7. The quantitative estimate of drug-likeness (QED) is 0.905. The molecule has 1 aliphatic heterocycles. The van der Waals surface area contributed by atoms with E-state index in [-0.39, 0.29) is 0 Å². The van der Waals surface area contributed by atoms with Crippen LogP contribution in [0.1, 0.15) is 19.3 Å². The predicted molar refractivity (Wildman–Crippen MR) is 78.7 cm³/mol. The second-order valence-corrected chi connectivity index (χ2v) is 5.24. The molecule has 4 nitrogen and oxygen atoms in total. The second kappa shape index (κ2) is 5.72. The number of halogens is 1. The van der Waals surface area contributed by atoms with E-state index in [1.165, 1.54) is 19.3 Å². The predicted octanol–water partition coefficient (Wildman–Crippen LogP) is 2.84. The normalized spacial score (nSPS) is 19.5. The molecule has 0 unspecified atom stereocenters. The summed E-state index contributed by atoms with van der Waals surface area (Å²) < 4.78 is 0. The number of nitrogens with one attached hydrogen (secondary N) is 2. The van der Waals surface area contributed by atoms with E-state index in [0.717, 1.165) is 24.1 Å². The lowest BCUT2D eigenvalue weighted by Crippen LogP contribution is -2.39. The zero-order valence-corrected chi connectivity index (χ0v) is 11.5. The van der Waals surface area contributed by atoms with Crippen molar-refractivity contribution in [2.24, 2.45) is 0 Å². The summed E-state index contributed by atoms with van der Waals surface area (Å²) in [5.41, 5.74) is 1.69. The van der Waals surface area contributed by atoms with Gasteiger partial charge in [0, 0.05) is 12.6 Å². The van der Waals surface area contributed by atoms with Gasteiger partial charge in [0.25, 0.3) is 0 Å². The smallest absolute Gasteiger partial charge is 0.172 e. The Labute approximate surface area is 117 Å². The molecule has 2 aromatic rings. The molecule has 5 heteroatoms. The highest BCUT2D eigenvalue weighted by Gasteiger charge is 2.13. The molecule has 0 aliphatic carbocycles. The molecule has 1 aliphatic rings. The van der Waals surface area contributed by atoms with Gasteiger partial charge in [0.15, 0.2) is 11.0 Å². The van der Waals surface area contributed by atoms with Crippen LogP contribution in [-0.4, -0.2) is 29.1 Å². The van der Waals surface area contributed by atoms with E-state index in [9.17, 15) is 0 Å². The molecule has 0 radical (unpaired) electrons. The topological polar surface area (TPSA) is 49.8 Å². The summed E-state index contributed by atoms with van der Waals surface area (Å²) in [5.74, 6) is 0.674. The third-order valence-electron chi connectivity index (χ3n) is 3.46. The molecule has 100 valence electrons. The third-order valence-corrected chi connectivity index (χ3v) is 3.72. The highest BCUT2D eigenvalue weighted by atomic mass is 35.5. The molecule has 1 saturated heterocycles. The number of benzene rings is 1. The van der Waals surface area contributed by atoms with Crippen molar-refractivity contribution in [3.8, 4) is 0 Å². The number of rotatable bonds is 3. The van der Waals surface area contributed by atoms with Crippen LogP contribution in [0.2, 0.25) is 5.15 Å². The Morgan fingerprint density at radius 1 is 1.21 bits per heavy atom. The number of fused-ring (bicyclic) bond motifs is 1. The fourth-order valence-electron chi connectivity index (χ4n) is 2.41. The van der Waals surface area contributed by atoms with Crippen molar-refractivity contribution in [3.63, 3.8) is 0 Å². The molecule has 0 amide bonds. The summed E-state index contributed by atoms with van der Waals surface area (Å²) >= 11 is 6.16. The fraction of sp³-hybridized carbons (Fsp3) is 0.429. The number of para-hydroxylation sites is 2. The Hall–Kier alpha value is -1.39. The number of hydrogen-bond acceptors (Lipinski definition) is 4. The van der Waals surface area contributed by atoms with Gasteiger partial charge in [-0.3, -0.25) is 0 Å². The molecule has 1 aromatic heterocycles. The molecule has 2 heterocycles. The van der Waals surface area contributed by atoms with Gasteiger partial charge >= 0.3 is 0 Å². The van der Waals surface area contributed by atoms with Gasteiger partial charge in [-0.25, -0.2) is 9.97 Å². The van der Waals surface area contributed by atoms with Crippen molar-refractivity contribution in [3.05, 3.63) is 29.4 Å². The van der Waals surface area contributed by atoms with Crippen LogP contribution in [0.25, 0.3) is 11.0 Å². The van der Waals surface area contributed by atoms with Crippen LogP contribution in [-0.2, 0) is 0 Å². The lowest BCUT2D eigenvalue weighted by molar-refractivity contribution is 0.414. The first kappa shape index (κ1) is 12.6. The summed E-state index contributed by atoms with van der Waals surface area (Å²) in [5, 5.41) is 7.24. The minimum Gasteiger partial charge on any atom is -0.366 e. The molecule has 1 fully saturated rings. The number of anilines is 1. The second-order valence-electron chi connectivity index (χ2n) is 4.88. The molecule has 0 spiro atoms. The van der Waals surface area contributed by atoms with E-state index >= 15 is 0 Å². The Kier molecular flexibility index (Phi) is 3.80. The average molecular weight is 277 g/mol. The third kappa shape index (κ3) is 2.96. The van der Waals surface area contributed by atoms with E-state index < -0.39 is 0 Å². The lowest BCUT2D eigenvalue weighted by atomic mass is 10.1. The summed E-state index contributed by atoms with van der Waals surface area (Å²) in [4.78, 5) is 8.89. The number of nitrogens with zero attached hydrogens (tertiary/aromatic N) is 2. The zero-order chi connectivity index (χ0) is 13.1.